The molecule has 0 bridgehead atoms. The van der Waals surface area contributed by atoms with Crippen LogP contribution in [0.2, 0.25) is 5.02 Å². The van der Waals surface area contributed by atoms with Gasteiger partial charge in [-0.25, -0.2) is 4.98 Å². The van der Waals surface area contributed by atoms with Crippen molar-refractivity contribution in [3.05, 3.63) is 65.6 Å². The quantitative estimate of drug-likeness (QED) is 0.811. The molecular formula is C21H23ClN4O. The van der Waals surface area contributed by atoms with Crippen LogP contribution in [0.25, 0.3) is 0 Å². The number of anilines is 2. The van der Waals surface area contributed by atoms with Crippen LogP contribution >= 0.6 is 11.6 Å². The molecule has 2 aliphatic rings. The smallest absolute Gasteiger partial charge is 0.226 e. The Morgan fingerprint density at radius 3 is 2.67 bits per heavy atom. The number of hydrogen-bond donors (Lipinski definition) is 0. The van der Waals surface area contributed by atoms with E-state index in [0.29, 0.717) is 17.5 Å². The summed E-state index contributed by atoms with van der Waals surface area (Å²) in [6, 6.07) is 12.2. The Balaban J connectivity index is 1.41. The number of hydrogen-bond acceptors (Lipinski definition) is 4. The van der Waals surface area contributed by atoms with Gasteiger partial charge in [0, 0.05) is 44.8 Å². The standard InChI is InChI=1S/C21H23ClN4O/c1-24-11-12-26(21-19(24)14-17(22)15-23-21)18-7-9-25(10-8-18)20(27)13-16-5-3-2-4-6-16/h2-6,11-12,14-15,18H,7-10,13H2,1H3. The molecule has 1 saturated heterocycles. The number of carbonyl (C=O) groups excluding carboxylic acids is 1. The minimum atomic E-state index is 0.207. The van der Waals surface area contributed by atoms with Crippen molar-refractivity contribution >= 4 is 29.0 Å². The second-order valence-electron chi connectivity index (χ2n) is 7.09. The van der Waals surface area contributed by atoms with E-state index >= 15 is 0 Å². The van der Waals surface area contributed by atoms with E-state index in [1.165, 1.54) is 0 Å². The predicted molar refractivity (Wildman–Crippen MR) is 109 cm³/mol. The lowest BCUT2D eigenvalue weighted by Gasteiger charge is -2.40. The fourth-order valence-electron chi connectivity index (χ4n) is 3.77. The Kier molecular flexibility index (Phi) is 5.03. The van der Waals surface area contributed by atoms with Gasteiger partial charge in [0.05, 0.1) is 17.1 Å². The molecule has 0 atom stereocenters. The molecule has 0 unspecified atom stereocenters. The molecular weight excluding hydrogens is 360 g/mol. The van der Waals surface area contributed by atoms with E-state index in [1.807, 2.05) is 59.4 Å². The van der Waals surface area contributed by atoms with Gasteiger partial charge in [0.2, 0.25) is 5.91 Å². The molecule has 0 saturated carbocycles. The van der Waals surface area contributed by atoms with Gasteiger partial charge < -0.3 is 14.7 Å². The van der Waals surface area contributed by atoms with Gasteiger partial charge in [-0.3, -0.25) is 4.79 Å². The Bertz CT molecular complexity index is 847. The summed E-state index contributed by atoms with van der Waals surface area (Å²) in [5.74, 6) is 1.14. The van der Waals surface area contributed by atoms with Crippen molar-refractivity contribution in [2.45, 2.75) is 25.3 Å². The second-order valence-corrected chi connectivity index (χ2v) is 7.52. The summed E-state index contributed by atoms with van der Waals surface area (Å²) >= 11 is 6.12. The number of aromatic nitrogens is 1. The van der Waals surface area contributed by atoms with E-state index in [0.717, 1.165) is 43.0 Å². The normalized spacial score (nSPS) is 17.2. The number of pyridine rings is 1. The van der Waals surface area contributed by atoms with Crippen molar-refractivity contribution in [1.82, 2.24) is 9.88 Å². The molecule has 1 fully saturated rings. The van der Waals surface area contributed by atoms with Crippen LogP contribution in [0, 0.1) is 0 Å². The third kappa shape index (κ3) is 3.78. The van der Waals surface area contributed by atoms with Crippen molar-refractivity contribution in [3.63, 3.8) is 0 Å². The first kappa shape index (κ1) is 17.9. The average molecular weight is 383 g/mol. The van der Waals surface area contributed by atoms with Crippen LogP contribution in [0.1, 0.15) is 18.4 Å². The Hall–Kier alpha value is -2.53. The molecule has 0 radical (unpaired) electrons. The molecule has 27 heavy (non-hydrogen) atoms. The Morgan fingerprint density at radius 2 is 1.93 bits per heavy atom. The fraction of sp³-hybridized carbons (Fsp3) is 0.333. The van der Waals surface area contributed by atoms with E-state index in [1.54, 1.807) is 6.20 Å². The van der Waals surface area contributed by atoms with Gasteiger partial charge >= 0.3 is 0 Å². The molecule has 2 aliphatic heterocycles. The molecule has 2 aromatic rings. The van der Waals surface area contributed by atoms with Crippen LogP contribution in [0.15, 0.2) is 55.0 Å². The fourth-order valence-corrected chi connectivity index (χ4v) is 3.93. The average Bonchev–Trinajstić information content (AvgIpc) is 2.69. The zero-order valence-electron chi connectivity index (χ0n) is 15.4. The van der Waals surface area contributed by atoms with Gasteiger partial charge in [-0.2, -0.15) is 0 Å². The maximum atomic E-state index is 12.6. The molecule has 0 aliphatic carbocycles. The minimum Gasteiger partial charge on any atom is -0.347 e. The van der Waals surface area contributed by atoms with Crippen molar-refractivity contribution < 1.29 is 4.79 Å². The van der Waals surface area contributed by atoms with Crippen LogP contribution in [-0.2, 0) is 11.2 Å². The third-order valence-corrected chi connectivity index (χ3v) is 5.50. The van der Waals surface area contributed by atoms with Crippen LogP contribution in [0.4, 0.5) is 11.5 Å². The Labute approximate surface area is 164 Å². The lowest BCUT2D eigenvalue weighted by atomic mass is 10.0. The first-order valence-corrected chi connectivity index (χ1v) is 9.66. The minimum absolute atomic E-state index is 0.207. The third-order valence-electron chi connectivity index (χ3n) is 5.30. The van der Waals surface area contributed by atoms with Gasteiger partial charge in [-0.1, -0.05) is 41.9 Å². The molecule has 3 heterocycles. The molecule has 140 valence electrons. The number of rotatable bonds is 3. The second kappa shape index (κ2) is 7.61. The van der Waals surface area contributed by atoms with E-state index in [2.05, 4.69) is 16.1 Å². The lowest BCUT2D eigenvalue weighted by Crippen LogP contribution is -2.46. The molecule has 0 N–H and O–H groups in total. The largest absolute Gasteiger partial charge is 0.347 e. The maximum absolute atomic E-state index is 12.6. The first-order valence-electron chi connectivity index (χ1n) is 9.28. The van der Waals surface area contributed by atoms with E-state index in [9.17, 15) is 4.79 Å². The summed E-state index contributed by atoms with van der Waals surface area (Å²) in [7, 11) is 2.00. The molecule has 4 rings (SSSR count). The van der Waals surface area contributed by atoms with Crippen LogP contribution in [0.5, 0.6) is 0 Å². The van der Waals surface area contributed by atoms with Gasteiger partial charge in [0.25, 0.3) is 0 Å². The van der Waals surface area contributed by atoms with E-state index in [4.69, 9.17) is 11.6 Å². The number of fused-ring (bicyclic) bond motifs is 1. The van der Waals surface area contributed by atoms with Gasteiger partial charge in [0.15, 0.2) is 5.82 Å². The highest BCUT2D eigenvalue weighted by Gasteiger charge is 2.29. The highest BCUT2D eigenvalue weighted by Crippen LogP contribution is 2.35. The zero-order chi connectivity index (χ0) is 18.8. The van der Waals surface area contributed by atoms with Crippen molar-refractivity contribution in [2.75, 3.05) is 29.9 Å². The predicted octanol–water partition coefficient (Wildman–Crippen LogP) is 3.70. The maximum Gasteiger partial charge on any atom is 0.226 e. The van der Waals surface area contributed by atoms with Crippen LogP contribution in [-0.4, -0.2) is 42.0 Å². The van der Waals surface area contributed by atoms with Gasteiger partial charge in [-0.05, 0) is 24.5 Å². The number of carbonyl (C=O) groups is 1. The summed E-state index contributed by atoms with van der Waals surface area (Å²) in [5.41, 5.74) is 2.08. The van der Waals surface area contributed by atoms with E-state index < -0.39 is 0 Å². The van der Waals surface area contributed by atoms with Gasteiger partial charge in [0.1, 0.15) is 0 Å². The van der Waals surface area contributed by atoms with Crippen LogP contribution < -0.4 is 9.80 Å². The lowest BCUT2D eigenvalue weighted by molar-refractivity contribution is -0.131. The first-order chi connectivity index (χ1) is 13.1. The molecule has 6 heteroatoms. The van der Waals surface area contributed by atoms with Crippen molar-refractivity contribution in [3.8, 4) is 0 Å². The number of benzene rings is 1. The van der Waals surface area contributed by atoms with Crippen LogP contribution in [0.3, 0.4) is 0 Å². The number of piperidine rings is 1. The summed E-state index contributed by atoms with van der Waals surface area (Å²) < 4.78 is 0. The highest BCUT2D eigenvalue weighted by molar-refractivity contribution is 6.30. The van der Waals surface area contributed by atoms with Crippen molar-refractivity contribution in [2.24, 2.45) is 0 Å². The topological polar surface area (TPSA) is 39.7 Å². The molecule has 1 aromatic carbocycles. The Morgan fingerprint density at radius 1 is 1.19 bits per heavy atom. The molecule has 1 amide bonds. The number of amides is 1. The number of nitrogens with zero attached hydrogens (tertiary/aromatic N) is 4. The number of likely N-dealkylation sites (tertiary alicyclic amines) is 1. The summed E-state index contributed by atoms with van der Waals surface area (Å²) in [4.78, 5) is 23.4. The monoisotopic (exact) mass is 382 g/mol. The highest BCUT2D eigenvalue weighted by atomic mass is 35.5. The summed E-state index contributed by atoms with van der Waals surface area (Å²) in [6.45, 7) is 1.55. The van der Waals surface area contributed by atoms with E-state index in [-0.39, 0.29) is 5.91 Å². The zero-order valence-corrected chi connectivity index (χ0v) is 16.1. The number of halogens is 1. The SMILES string of the molecule is CN1C=CN(C2CCN(C(=O)Cc3ccccc3)CC2)c2ncc(Cl)cc21. The molecule has 5 nitrogen and oxygen atoms in total. The molecule has 1 aromatic heterocycles. The summed E-state index contributed by atoms with van der Waals surface area (Å²) in [5, 5.41) is 0.636. The molecule has 0 spiro atoms. The van der Waals surface area contributed by atoms with Gasteiger partial charge in [-0.15, -0.1) is 0 Å². The van der Waals surface area contributed by atoms with Crippen molar-refractivity contribution in [1.29, 1.82) is 0 Å². The summed E-state index contributed by atoms with van der Waals surface area (Å²) in [6.07, 6.45) is 8.14.